The molecule has 0 bridgehead atoms. The van der Waals surface area contributed by atoms with Crippen molar-refractivity contribution < 1.29 is 17.9 Å². The third-order valence-corrected chi connectivity index (χ3v) is 4.35. The van der Waals surface area contributed by atoms with E-state index < -0.39 is 6.36 Å². The van der Waals surface area contributed by atoms with Crippen LogP contribution >= 0.6 is 39.7 Å². The molecular weight excluding hydrogens is 379 g/mol. The predicted octanol–water partition coefficient (Wildman–Crippen LogP) is 4.88. The van der Waals surface area contributed by atoms with Crippen LogP contribution in [0.4, 0.5) is 13.2 Å². The van der Waals surface area contributed by atoms with Crippen LogP contribution in [0.1, 0.15) is 16.5 Å². The molecule has 0 saturated heterocycles. The zero-order valence-electron chi connectivity index (χ0n) is 9.86. The van der Waals surface area contributed by atoms with E-state index in [1.807, 2.05) is 11.4 Å². The molecule has 0 fully saturated rings. The Morgan fingerprint density at radius 2 is 1.75 bits per heavy atom. The van der Waals surface area contributed by atoms with Crippen molar-refractivity contribution >= 4 is 39.7 Å². The Bertz CT molecular complexity index is 559. The summed E-state index contributed by atoms with van der Waals surface area (Å²) in [5.41, 5.74) is 6.78. The quantitative estimate of drug-likeness (QED) is 0.813. The third kappa shape index (κ3) is 4.37. The second-order valence-electron chi connectivity index (χ2n) is 3.73. The average Bonchev–Trinajstić information content (AvgIpc) is 2.73. The van der Waals surface area contributed by atoms with Gasteiger partial charge in [0.25, 0.3) is 0 Å². The minimum Gasteiger partial charge on any atom is -0.406 e. The molecule has 0 aliphatic rings. The molecule has 2 nitrogen and oxygen atoms in total. The molecule has 0 saturated carbocycles. The van der Waals surface area contributed by atoms with Gasteiger partial charge in [0, 0.05) is 9.35 Å². The van der Waals surface area contributed by atoms with Crippen LogP contribution in [0.5, 0.6) is 5.75 Å². The van der Waals surface area contributed by atoms with Crippen LogP contribution in [-0.4, -0.2) is 6.36 Å². The first-order valence-electron chi connectivity index (χ1n) is 5.21. The summed E-state index contributed by atoms with van der Waals surface area (Å²) in [6.07, 6.45) is -4.68. The summed E-state index contributed by atoms with van der Waals surface area (Å²) < 4.78 is 40.8. The van der Waals surface area contributed by atoms with Crippen molar-refractivity contribution in [3.8, 4) is 5.75 Å². The molecule has 1 aromatic heterocycles. The van der Waals surface area contributed by atoms with Crippen LogP contribution in [-0.2, 0) is 0 Å². The molecule has 2 aromatic rings. The highest BCUT2D eigenvalue weighted by molar-refractivity contribution is 9.10. The SMILES string of the molecule is Cl.N[C@H](c1ccc(OC(F)(F)F)cc1)c1sccc1Br. The molecule has 0 unspecified atom stereocenters. The Kier molecular flexibility index (Phi) is 5.88. The van der Waals surface area contributed by atoms with E-state index in [1.54, 1.807) is 0 Å². The van der Waals surface area contributed by atoms with Crippen molar-refractivity contribution in [1.29, 1.82) is 0 Å². The minimum absolute atomic E-state index is 0. The van der Waals surface area contributed by atoms with E-state index in [9.17, 15) is 13.2 Å². The van der Waals surface area contributed by atoms with Crippen molar-refractivity contribution in [3.05, 3.63) is 50.6 Å². The molecule has 1 aromatic carbocycles. The molecule has 2 rings (SSSR count). The molecule has 2 N–H and O–H groups in total. The van der Waals surface area contributed by atoms with E-state index >= 15 is 0 Å². The summed E-state index contributed by atoms with van der Waals surface area (Å²) in [5, 5.41) is 1.89. The van der Waals surface area contributed by atoms with Gasteiger partial charge in [0.15, 0.2) is 0 Å². The van der Waals surface area contributed by atoms with Gasteiger partial charge in [0.2, 0.25) is 0 Å². The third-order valence-electron chi connectivity index (χ3n) is 2.40. The molecule has 8 heteroatoms. The molecule has 0 amide bonds. The number of benzene rings is 1. The number of rotatable bonds is 3. The van der Waals surface area contributed by atoms with Crippen LogP contribution in [0.3, 0.4) is 0 Å². The summed E-state index contributed by atoms with van der Waals surface area (Å²) in [6.45, 7) is 0. The molecule has 0 spiro atoms. The molecule has 110 valence electrons. The number of hydrogen-bond donors (Lipinski definition) is 1. The largest absolute Gasteiger partial charge is 0.573 e. The second-order valence-corrected chi connectivity index (χ2v) is 5.53. The van der Waals surface area contributed by atoms with Crippen LogP contribution < -0.4 is 10.5 Å². The van der Waals surface area contributed by atoms with Gasteiger partial charge in [-0.1, -0.05) is 12.1 Å². The lowest BCUT2D eigenvalue weighted by molar-refractivity contribution is -0.274. The molecular formula is C12H10BrClF3NOS. The molecule has 1 atom stereocenters. The zero-order chi connectivity index (χ0) is 14.0. The number of thiophene rings is 1. The topological polar surface area (TPSA) is 35.2 Å². The van der Waals surface area contributed by atoms with Crippen LogP contribution in [0.2, 0.25) is 0 Å². The highest BCUT2D eigenvalue weighted by atomic mass is 79.9. The highest BCUT2D eigenvalue weighted by Crippen LogP contribution is 2.32. The van der Waals surface area contributed by atoms with Crippen molar-refractivity contribution in [2.75, 3.05) is 0 Å². The van der Waals surface area contributed by atoms with E-state index in [-0.39, 0.29) is 24.2 Å². The first-order chi connectivity index (χ1) is 8.87. The molecule has 0 radical (unpaired) electrons. The standard InChI is InChI=1S/C12H9BrF3NOS.ClH/c13-9-5-6-19-11(9)10(17)7-1-3-8(4-2-7)18-12(14,15)16;/h1-6,10H,17H2;1H/t10-;/m1./s1. The van der Waals surface area contributed by atoms with Crippen LogP contribution in [0, 0.1) is 0 Å². The average molecular weight is 389 g/mol. The van der Waals surface area contributed by atoms with Gasteiger partial charge in [0.1, 0.15) is 5.75 Å². The fourth-order valence-electron chi connectivity index (χ4n) is 1.56. The van der Waals surface area contributed by atoms with E-state index in [4.69, 9.17) is 5.73 Å². The smallest absolute Gasteiger partial charge is 0.406 e. The lowest BCUT2D eigenvalue weighted by atomic mass is 10.1. The fraction of sp³-hybridized carbons (Fsp3) is 0.167. The number of hydrogen-bond acceptors (Lipinski definition) is 3. The van der Waals surface area contributed by atoms with Gasteiger partial charge in [-0.15, -0.1) is 36.9 Å². The normalized spacial score (nSPS) is 12.7. The van der Waals surface area contributed by atoms with E-state index in [0.717, 1.165) is 14.9 Å². The number of nitrogens with two attached hydrogens (primary N) is 1. The Labute approximate surface area is 132 Å². The Balaban J connectivity index is 0.00000200. The van der Waals surface area contributed by atoms with Crippen molar-refractivity contribution in [2.45, 2.75) is 12.4 Å². The second kappa shape index (κ2) is 6.80. The summed E-state index contributed by atoms with van der Waals surface area (Å²) in [7, 11) is 0. The van der Waals surface area contributed by atoms with Crippen LogP contribution in [0.15, 0.2) is 40.2 Å². The summed E-state index contributed by atoms with van der Waals surface area (Å²) in [4.78, 5) is 0.921. The van der Waals surface area contributed by atoms with Gasteiger partial charge in [-0.05, 0) is 45.1 Å². The Morgan fingerprint density at radius 1 is 1.15 bits per heavy atom. The van der Waals surface area contributed by atoms with Gasteiger partial charge in [-0.25, -0.2) is 0 Å². The number of alkyl halides is 3. The van der Waals surface area contributed by atoms with E-state index in [1.165, 1.54) is 35.6 Å². The maximum absolute atomic E-state index is 12.0. The predicted molar refractivity (Wildman–Crippen MR) is 78.4 cm³/mol. The van der Waals surface area contributed by atoms with Crippen molar-refractivity contribution in [1.82, 2.24) is 0 Å². The maximum atomic E-state index is 12.0. The van der Waals surface area contributed by atoms with E-state index in [2.05, 4.69) is 20.7 Å². The first kappa shape index (κ1) is 17.3. The molecule has 0 aliphatic carbocycles. The first-order valence-corrected chi connectivity index (χ1v) is 6.88. The monoisotopic (exact) mass is 387 g/mol. The van der Waals surface area contributed by atoms with Crippen LogP contribution in [0.25, 0.3) is 0 Å². The van der Waals surface area contributed by atoms with Gasteiger partial charge in [0.05, 0.1) is 6.04 Å². The van der Waals surface area contributed by atoms with Gasteiger partial charge < -0.3 is 10.5 Å². The number of halogens is 5. The summed E-state index contributed by atoms with van der Waals surface area (Å²) in [5.74, 6) is -0.256. The minimum atomic E-state index is -4.68. The molecule has 0 aliphatic heterocycles. The van der Waals surface area contributed by atoms with Gasteiger partial charge in [-0.3, -0.25) is 0 Å². The fourth-order valence-corrected chi connectivity index (χ4v) is 3.20. The van der Waals surface area contributed by atoms with Crippen molar-refractivity contribution in [2.24, 2.45) is 5.73 Å². The number of ether oxygens (including phenoxy) is 1. The van der Waals surface area contributed by atoms with Gasteiger partial charge in [-0.2, -0.15) is 0 Å². The van der Waals surface area contributed by atoms with Gasteiger partial charge >= 0.3 is 6.36 Å². The highest BCUT2D eigenvalue weighted by Gasteiger charge is 2.31. The summed E-state index contributed by atoms with van der Waals surface area (Å²) in [6, 6.07) is 7.06. The lowest BCUT2D eigenvalue weighted by Gasteiger charge is -2.13. The maximum Gasteiger partial charge on any atom is 0.573 e. The van der Waals surface area contributed by atoms with Crippen molar-refractivity contribution in [3.63, 3.8) is 0 Å². The Hall–Kier alpha value is -0.760. The van der Waals surface area contributed by atoms with E-state index in [0.29, 0.717) is 0 Å². The molecule has 20 heavy (non-hydrogen) atoms. The Morgan fingerprint density at radius 3 is 2.20 bits per heavy atom. The zero-order valence-corrected chi connectivity index (χ0v) is 13.1. The lowest BCUT2D eigenvalue weighted by Crippen LogP contribution is -2.17. The molecule has 1 heterocycles. The summed E-state index contributed by atoms with van der Waals surface area (Å²) >= 11 is 4.86.